The van der Waals surface area contributed by atoms with Crippen LogP contribution in [0.1, 0.15) is 37.7 Å². The van der Waals surface area contributed by atoms with Gasteiger partial charge in [0.05, 0.1) is 26.9 Å². The minimum Gasteiger partial charge on any atom is -0.493 e. The van der Waals surface area contributed by atoms with Crippen molar-refractivity contribution in [3.63, 3.8) is 0 Å². The molecular weight excluding hydrogens is 429 g/mol. The van der Waals surface area contributed by atoms with E-state index in [9.17, 15) is 4.79 Å². The van der Waals surface area contributed by atoms with Gasteiger partial charge in [0.15, 0.2) is 11.5 Å². The lowest BCUT2D eigenvalue weighted by molar-refractivity contribution is -0.140. The van der Waals surface area contributed by atoms with E-state index in [-0.39, 0.29) is 30.7 Å². The van der Waals surface area contributed by atoms with Crippen molar-refractivity contribution in [3.8, 4) is 17.2 Å². The van der Waals surface area contributed by atoms with E-state index < -0.39 is 5.54 Å². The lowest BCUT2D eigenvalue weighted by Gasteiger charge is -2.41. The van der Waals surface area contributed by atoms with Crippen LogP contribution < -0.4 is 19.9 Å². The van der Waals surface area contributed by atoms with Gasteiger partial charge < -0.3 is 24.8 Å². The van der Waals surface area contributed by atoms with E-state index in [1.807, 2.05) is 17.0 Å². The number of nitrogens with zero attached hydrogens (tertiary/aromatic N) is 2. The van der Waals surface area contributed by atoms with Crippen LogP contribution in [0.3, 0.4) is 0 Å². The predicted molar refractivity (Wildman–Crippen MR) is 122 cm³/mol. The van der Waals surface area contributed by atoms with Crippen LogP contribution in [0.5, 0.6) is 17.2 Å². The molecule has 7 nitrogen and oxygen atoms in total. The van der Waals surface area contributed by atoms with E-state index in [0.717, 1.165) is 64.0 Å². The smallest absolute Gasteiger partial charge is 0.242 e. The molecule has 0 spiro atoms. The first kappa shape index (κ1) is 26.6. The number of halogens is 2. The van der Waals surface area contributed by atoms with Crippen molar-refractivity contribution in [2.75, 3.05) is 47.5 Å². The van der Waals surface area contributed by atoms with Gasteiger partial charge >= 0.3 is 0 Å². The Hall–Kier alpha value is -1.41. The molecule has 1 heterocycles. The maximum Gasteiger partial charge on any atom is 0.242 e. The minimum absolute atomic E-state index is 0. The molecule has 0 aromatic heterocycles. The summed E-state index contributed by atoms with van der Waals surface area (Å²) in [6.07, 6.45) is 4.94. The molecule has 1 aromatic rings. The van der Waals surface area contributed by atoms with Crippen LogP contribution in [0.4, 0.5) is 0 Å². The summed E-state index contributed by atoms with van der Waals surface area (Å²) in [5.74, 6) is 2.06. The third-order valence-electron chi connectivity index (χ3n) is 5.96. The molecule has 0 radical (unpaired) electrons. The number of nitrogens with two attached hydrogens (primary N) is 1. The van der Waals surface area contributed by atoms with Crippen molar-refractivity contribution in [3.05, 3.63) is 17.7 Å². The fourth-order valence-electron chi connectivity index (χ4n) is 4.31. The molecule has 30 heavy (non-hydrogen) atoms. The number of methoxy groups -OCH3 is 3. The van der Waals surface area contributed by atoms with Gasteiger partial charge in [-0.2, -0.15) is 0 Å². The highest BCUT2D eigenvalue weighted by molar-refractivity contribution is 5.86. The topological polar surface area (TPSA) is 77.3 Å². The average molecular weight is 464 g/mol. The third kappa shape index (κ3) is 5.84. The Morgan fingerprint density at radius 2 is 1.47 bits per heavy atom. The summed E-state index contributed by atoms with van der Waals surface area (Å²) in [4.78, 5) is 17.2. The summed E-state index contributed by atoms with van der Waals surface area (Å²) >= 11 is 0. The number of ether oxygens (including phenoxy) is 3. The number of carbonyl (C=O) groups is 1. The fraction of sp³-hybridized carbons (Fsp3) is 0.667. The Balaban J connectivity index is 0.00000225. The first-order chi connectivity index (χ1) is 13.5. The predicted octanol–water partition coefficient (Wildman–Crippen LogP) is 2.86. The largest absolute Gasteiger partial charge is 0.493 e. The summed E-state index contributed by atoms with van der Waals surface area (Å²) in [5.41, 5.74) is 6.89. The molecular formula is C21H35Cl2N3O4. The summed E-state index contributed by atoms with van der Waals surface area (Å²) in [7, 11) is 4.85. The molecule has 2 fully saturated rings. The zero-order valence-corrected chi connectivity index (χ0v) is 19.8. The van der Waals surface area contributed by atoms with Gasteiger partial charge in [-0.25, -0.2) is 0 Å². The monoisotopic (exact) mass is 463 g/mol. The zero-order chi connectivity index (χ0) is 20.1. The molecule has 1 aromatic carbocycles. The first-order valence-corrected chi connectivity index (χ1v) is 10.1. The number of hydrogen-bond acceptors (Lipinski definition) is 6. The molecule has 2 aliphatic rings. The molecule has 172 valence electrons. The van der Waals surface area contributed by atoms with Crippen LogP contribution in [0.2, 0.25) is 0 Å². The number of hydrogen-bond donors (Lipinski definition) is 1. The van der Waals surface area contributed by atoms with Crippen LogP contribution in [0.25, 0.3) is 0 Å². The molecule has 9 heteroatoms. The molecule has 2 N–H and O–H groups in total. The van der Waals surface area contributed by atoms with Gasteiger partial charge in [-0.05, 0) is 30.5 Å². The van der Waals surface area contributed by atoms with Crippen molar-refractivity contribution in [2.45, 2.75) is 44.2 Å². The molecule has 1 saturated heterocycles. The van der Waals surface area contributed by atoms with Crippen LogP contribution in [0.15, 0.2) is 12.1 Å². The van der Waals surface area contributed by atoms with Crippen LogP contribution >= 0.6 is 24.8 Å². The van der Waals surface area contributed by atoms with E-state index in [1.165, 1.54) is 6.42 Å². The third-order valence-corrected chi connectivity index (χ3v) is 5.96. The van der Waals surface area contributed by atoms with E-state index in [0.29, 0.717) is 17.2 Å². The molecule has 0 unspecified atom stereocenters. The van der Waals surface area contributed by atoms with Gasteiger partial charge in [-0.3, -0.25) is 9.69 Å². The van der Waals surface area contributed by atoms with Crippen molar-refractivity contribution < 1.29 is 19.0 Å². The number of carbonyl (C=O) groups excluding carboxylic acids is 1. The van der Waals surface area contributed by atoms with Gasteiger partial charge in [0, 0.05) is 32.7 Å². The number of benzene rings is 1. The van der Waals surface area contributed by atoms with Gasteiger partial charge in [0.1, 0.15) is 0 Å². The Bertz CT molecular complexity index is 666. The van der Waals surface area contributed by atoms with Gasteiger partial charge in [0.25, 0.3) is 0 Å². The van der Waals surface area contributed by atoms with Gasteiger partial charge in [-0.1, -0.05) is 19.3 Å². The second-order valence-electron chi connectivity index (χ2n) is 7.82. The Kier molecular flexibility index (Phi) is 10.5. The van der Waals surface area contributed by atoms with E-state index in [2.05, 4.69) is 4.90 Å². The summed E-state index contributed by atoms with van der Waals surface area (Å²) in [5, 5.41) is 0. The summed E-state index contributed by atoms with van der Waals surface area (Å²) in [6, 6.07) is 3.96. The van der Waals surface area contributed by atoms with Crippen LogP contribution in [0, 0.1) is 0 Å². The Labute approximate surface area is 192 Å². The highest BCUT2D eigenvalue weighted by Crippen LogP contribution is 2.38. The lowest BCUT2D eigenvalue weighted by Crippen LogP contribution is -2.60. The Morgan fingerprint density at radius 1 is 0.933 bits per heavy atom. The average Bonchev–Trinajstić information content (AvgIpc) is 2.73. The molecule has 3 rings (SSSR count). The normalized spacial score (nSPS) is 18.6. The van der Waals surface area contributed by atoms with Crippen molar-refractivity contribution in [1.29, 1.82) is 0 Å². The quantitative estimate of drug-likeness (QED) is 0.698. The second kappa shape index (κ2) is 11.8. The SMILES string of the molecule is COc1cc(CN2CCN(C(=O)C3(N)CCCCC3)CC2)cc(OC)c1OC.Cl.Cl. The minimum atomic E-state index is -0.642. The van der Waals surface area contributed by atoms with Crippen molar-refractivity contribution in [2.24, 2.45) is 5.73 Å². The van der Waals surface area contributed by atoms with Crippen molar-refractivity contribution in [1.82, 2.24) is 9.80 Å². The summed E-state index contributed by atoms with van der Waals surface area (Å²) < 4.78 is 16.3. The fourth-order valence-corrected chi connectivity index (χ4v) is 4.31. The maximum atomic E-state index is 12.9. The molecule has 0 atom stereocenters. The number of rotatable bonds is 6. The number of amides is 1. The highest BCUT2D eigenvalue weighted by Gasteiger charge is 2.39. The lowest BCUT2D eigenvalue weighted by atomic mass is 9.81. The van der Waals surface area contributed by atoms with Gasteiger partial charge in [0.2, 0.25) is 11.7 Å². The summed E-state index contributed by atoms with van der Waals surface area (Å²) in [6.45, 7) is 3.88. The standard InChI is InChI=1S/C21H33N3O4.2ClH/c1-26-17-13-16(14-18(27-2)19(17)28-3)15-23-9-11-24(12-10-23)20(25)21(22)7-5-4-6-8-21;;/h13-14H,4-12,15,22H2,1-3H3;2*1H. The molecule has 1 aliphatic heterocycles. The first-order valence-electron chi connectivity index (χ1n) is 10.1. The van der Waals surface area contributed by atoms with E-state index in [1.54, 1.807) is 21.3 Å². The number of piperazine rings is 1. The zero-order valence-electron chi connectivity index (χ0n) is 18.1. The van der Waals surface area contributed by atoms with Gasteiger partial charge in [-0.15, -0.1) is 24.8 Å². The maximum absolute atomic E-state index is 12.9. The molecule has 0 bridgehead atoms. The van der Waals surface area contributed by atoms with Crippen LogP contribution in [-0.4, -0.2) is 68.8 Å². The van der Waals surface area contributed by atoms with Crippen molar-refractivity contribution >= 4 is 30.7 Å². The second-order valence-corrected chi connectivity index (χ2v) is 7.82. The Morgan fingerprint density at radius 3 is 1.93 bits per heavy atom. The molecule has 1 saturated carbocycles. The highest BCUT2D eigenvalue weighted by atomic mass is 35.5. The molecule has 1 amide bonds. The van der Waals surface area contributed by atoms with E-state index in [4.69, 9.17) is 19.9 Å². The van der Waals surface area contributed by atoms with E-state index >= 15 is 0 Å². The molecule has 1 aliphatic carbocycles. The van der Waals surface area contributed by atoms with Crippen LogP contribution in [-0.2, 0) is 11.3 Å².